The van der Waals surface area contributed by atoms with Gasteiger partial charge in [-0.3, -0.25) is 4.79 Å². The van der Waals surface area contributed by atoms with Crippen LogP contribution < -0.4 is 4.74 Å². The van der Waals surface area contributed by atoms with Gasteiger partial charge in [-0.1, -0.05) is 39.3 Å². The van der Waals surface area contributed by atoms with Crippen molar-refractivity contribution in [3.63, 3.8) is 0 Å². The molecule has 4 nitrogen and oxygen atoms in total. The fourth-order valence-corrected chi connectivity index (χ4v) is 4.18. The Hall–Kier alpha value is -2.33. The van der Waals surface area contributed by atoms with E-state index in [0.717, 1.165) is 18.4 Å². The van der Waals surface area contributed by atoms with E-state index in [1.54, 1.807) is 7.11 Å². The van der Waals surface area contributed by atoms with Gasteiger partial charge in [0.05, 0.1) is 23.3 Å². The van der Waals surface area contributed by atoms with Crippen molar-refractivity contribution in [2.75, 3.05) is 7.11 Å². The second-order valence-corrected chi connectivity index (χ2v) is 9.10. The second-order valence-electron chi connectivity index (χ2n) is 8.69. The minimum Gasteiger partial charge on any atom is -0.496 e. The van der Waals surface area contributed by atoms with E-state index in [0.29, 0.717) is 11.3 Å². The lowest BCUT2D eigenvalue weighted by Gasteiger charge is -2.42. The number of carbonyl (C=O) groups excluding carboxylic acids is 1. The van der Waals surface area contributed by atoms with Gasteiger partial charge in [0.25, 0.3) is 0 Å². The van der Waals surface area contributed by atoms with Gasteiger partial charge in [0, 0.05) is 5.56 Å². The smallest absolute Gasteiger partial charge is 0.335 e. The summed E-state index contributed by atoms with van der Waals surface area (Å²) in [4.78, 5) is 24.4. The Bertz CT molecular complexity index is 973. The zero-order chi connectivity index (χ0) is 20.9. The molecule has 0 heterocycles. The molecule has 0 saturated heterocycles. The number of hydrogen-bond donors (Lipinski definition) is 1. The molecule has 0 aliphatic heterocycles. The molecular formula is C23H25ClO4. The van der Waals surface area contributed by atoms with Crippen LogP contribution in [0.4, 0.5) is 0 Å². The highest BCUT2D eigenvalue weighted by Gasteiger charge is 2.38. The Morgan fingerprint density at radius 3 is 2.04 bits per heavy atom. The van der Waals surface area contributed by atoms with E-state index in [9.17, 15) is 9.59 Å². The van der Waals surface area contributed by atoms with Crippen LogP contribution >= 0.6 is 11.6 Å². The van der Waals surface area contributed by atoms with Crippen LogP contribution in [0.1, 0.15) is 77.9 Å². The lowest BCUT2D eigenvalue weighted by atomic mass is 9.62. The number of ether oxygens (including phenoxy) is 1. The quantitative estimate of drug-likeness (QED) is 0.676. The van der Waals surface area contributed by atoms with E-state index in [-0.39, 0.29) is 32.8 Å². The molecule has 1 N–H and O–H groups in total. The van der Waals surface area contributed by atoms with Crippen LogP contribution in [0.15, 0.2) is 30.3 Å². The Morgan fingerprint density at radius 2 is 1.54 bits per heavy atom. The molecule has 0 unspecified atom stereocenters. The van der Waals surface area contributed by atoms with Gasteiger partial charge in [0.15, 0.2) is 5.78 Å². The lowest BCUT2D eigenvalue weighted by molar-refractivity contribution is 0.0696. The average molecular weight is 401 g/mol. The third-order valence-electron chi connectivity index (χ3n) is 5.88. The highest BCUT2D eigenvalue weighted by Crippen LogP contribution is 2.48. The van der Waals surface area contributed by atoms with E-state index < -0.39 is 5.97 Å². The first-order chi connectivity index (χ1) is 13.0. The third-order valence-corrected chi connectivity index (χ3v) is 6.19. The molecule has 0 fully saturated rings. The van der Waals surface area contributed by atoms with Gasteiger partial charge in [-0.05, 0) is 65.1 Å². The van der Waals surface area contributed by atoms with Crippen LogP contribution in [-0.2, 0) is 10.8 Å². The van der Waals surface area contributed by atoms with Gasteiger partial charge in [0.1, 0.15) is 5.75 Å². The number of aromatic carboxylic acids is 1. The highest BCUT2D eigenvalue weighted by molar-refractivity contribution is 6.35. The van der Waals surface area contributed by atoms with Crippen LogP contribution in [0.2, 0.25) is 5.02 Å². The predicted octanol–water partition coefficient (Wildman–Crippen LogP) is 5.63. The maximum atomic E-state index is 13.3. The molecule has 0 atom stereocenters. The standard InChI is InChI=1S/C23H25ClO4/c1-22(2)8-9-23(3,4)17-12-19(28-5)15(11-16(17)22)20(25)14-7-6-13(21(26)27)10-18(14)24/h6-7,10-12H,8-9H2,1-5H3,(H,26,27). The molecule has 0 aromatic heterocycles. The summed E-state index contributed by atoms with van der Waals surface area (Å²) in [5.74, 6) is -0.857. The van der Waals surface area contributed by atoms with E-state index in [1.807, 2.05) is 12.1 Å². The molecule has 1 aliphatic carbocycles. The van der Waals surface area contributed by atoms with Crippen LogP contribution in [0.25, 0.3) is 0 Å². The largest absolute Gasteiger partial charge is 0.496 e. The van der Waals surface area contributed by atoms with Gasteiger partial charge < -0.3 is 9.84 Å². The first-order valence-corrected chi connectivity index (χ1v) is 9.66. The molecule has 0 radical (unpaired) electrons. The summed E-state index contributed by atoms with van der Waals surface area (Å²) in [7, 11) is 1.55. The van der Waals surface area contributed by atoms with E-state index >= 15 is 0 Å². The van der Waals surface area contributed by atoms with Crippen LogP contribution in [0, 0.1) is 0 Å². The second kappa shape index (κ2) is 6.93. The molecule has 0 saturated carbocycles. The number of carbonyl (C=O) groups is 2. The Labute approximate surface area is 170 Å². The summed E-state index contributed by atoms with van der Waals surface area (Å²) < 4.78 is 5.56. The summed E-state index contributed by atoms with van der Waals surface area (Å²) in [6.45, 7) is 8.81. The first-order valence-electron chi connectivity index (χ1n) is 9.28. The number of fused-ring (bicyclic) bond motifs is 1. The van der Waals surface area contributed by atoms with Crippen molar-refractivity contribution >= 4 is 23.4 Å². The van der Waals surface area contributed by atoms with Crippen molar-refractivity contribution in [2.45, 2.75) is 51.4 Å². The minimum absolute atomic E-state index is 0.000488. The Kier molecular flexibility index (Phi) is 5.05. The van der Waals surface area contributed by atoms with Crippen molar-refractivity contribution in [3.05, 3.63) is 63.2 Å². The maximum absolute atomic E-state index is 13.3. The SMILES string of the molecule is COc1cc2c(cc1C(=O)c1ccc(C(=O)O)cc1Cl)C(C)(C)CCC2(C)C. The lowest BCUT2D eigenvalue weighted by Crippen LogP contribution is -2.34. The number of benzene rings is 2. The summed E-state index contributed by atoms with van der Waals surface area (Å²) in [5.41, 5.74) is 3.04. The molecule has 2 aromatic rings. The van der Waals surface area contributed by atoms with E-state index in [2.05, 4.69) is 27.7 Å². The van der Waals surface area contributed by atoms with Crippen molar-refractivity contribution in [2.24, 2.45) is 0 Å². The van der Waals surface area contributed by atoms with Crippen LogP contribution in [-0.4, -0.2) is 24.0 Å². The molecule has 5 heteroatoms. The van der Waals surface area contributed by atoms with Crippen LogP contribution in [0.3, 0.4) is 0 Å². The van der Waals surface area contributed by atoms with Gasteiger partial charge in [0.2, 0.25) is 0 Å². The molecule has 0 spiro atoms. The summed E-state index contributed by atoms with van der Waals surface area (Å²) in [6.07, 6.45) is 2.09. The molecule has 28 heavy (non-hydrogen) atoms. The molecule has 0 amide bonds. The monoisotopic (exact) mass is 400 g/mol. The number of rotatable bonds is 4. The molecular weight excluding hydrogens is 376 g/mol. The maximum Gasteiger partial charge on any atom is 0.335 e. The zero-order valence-corrected chi connectivity index (χ0v) is 17.6. The van der Waals surface area contributed by atoms with E-state index in [1.165, 1.54) is 23.8 Å². The summed E-state index contributed by atoms with van der Waals surface area (Å²) in [5, 5.41) is 9.23. The fourth-order valence-electron chi connectivity index (χ4n) is 3.92. The number of halogens is 1. The van der Waals surface area contributed by atoms with Crippen molar-refractivity contribution in [1.29, 1.82) is 0 Å². The Balaban J connectivity index is 2.17. The van der Waals surface area contributed by atoms with Crippen molar-refractivity contribution in [1.82, 2.24) is 0 Å². The Morgan fingerprint density at radius 1 is 0.964 bits per heavy atom. The first kappa shape index (κ1) is 20.4. The van der Waals surface area contributed by atoms with Gasteiger partial charge in [-0.25, -0.2) is 4.79 Å². The summed E-state index contributed by atoms with van der Waals surface area (Å²) in [6, 6.07) is 8.05. The van der Waals surface area contributed by atoms with Gasteiger partial charge in [-0.2, -0.15) is 0 Å². The molecule has 2 aromatic carbocycles. The minimum atomic E-state index is -1.09. The van der Waals surface area contributed by atoms with Gasteiger partial charge >= 0.3 is 5.97 Å². The normalized spacial score (nSPS) is 16.9. The highest BCUT2D eigenvalue weighted by atomic mass is 35.5. The van der Waals surface area contributed by atoms with Crippen molar-refractivity contribution in [3.8, 4) is 5.75 Å². The summed E-state index contributed by atoms with van der Waals surface area (Å²) >= 11 is 6.23. The number of ketones is 1. The fraction of sp³-hybridized carbons (Fsp3) is 0.391. The van der Waals surface area contributed by atoms with Crippen LogP contribution in [0.5, 0.6) is 5.75 Å². The number of carboxylic acids is 1. The molecule has 148 valence electrons. The topological polar surface area (TPSA) is 63.6 Å². The number of methoxy groups -OCH3 is 1. The predicted molar refractivity (Wildman–Crippen MR) is 110 cm³/mol. The zero-order valence-electron chi connectivity index (χ0n) is 16.9. The molecule has 0 bridgehead atoms. The third kappa shape index (κ3) is 3.42. The van der Waals surface area contributed by atoms with Gasteiger partial charge in [-0.15, -0.1) is 0 Å². The molecule has 3 rings (SSSR count). The number of hydrogen-bond acceptors (Lipinski definition) is 3. The average Bonchev–Trinajstić information content (AvgIpc) is 2.64. The molecule has 1 aliphatic rings. The number of carboxylic acid groups (broad SMARTS) is 1. The van der Waals surface area contributed by atoms with E-state index in [4.69, 9.17) is 21.4 Å². The van der Waals surface area contributed by atoms with Crippen molar-refractivity contribution < 1.29 is 19.4 Å².